The van der Waals surface area contributed by atoms with Crippen LogP contribution in [0.5, 0.6) is 5.06 Å². The van der Waals surface area contributed by atoms with Crippen LogP contribution in [0.25, 0.3) is 0 Å². The molecule has 1 aromatic heterocycles. The van der Waals surface area contributed by atoms with E-state index in [-0.39, 0.29) is 12.6 Å². The molecule has 1 aliphatic rings. The molecule has 0 spiro atoms. The summed E-state index contributed by atoms with van der Waals surface area (Å²) in [7, 11) is 2.09. The second-order valence-corrected chi connectivity index (χ2v) is 6.20. The van der Waals surface area contributed by atoms with E-state index in [0.717, 1.165) is 18.2 Å². The first-order chi connectivity index (χ1) is 9.92. The largest absolute Gasteiger partial charge is 0.477 e. The fourth-order valence-electron chi connectivity index (χ4n) is 2.03. The third kappa shape index (κ3) is 7.15. The van der Waals surface area contributed by atoms with E-state index < -0.39 is 6.43 Å². The number of aromatic nitrogens is 1. The zero-order valence-corrected chi connectivity index (χ0v) is 13.9. The molecule has 1 aromatic rings. The molecular weight excluding hydrogens is 296 g/mol. The summed E-state index contributed by atoms with van der Waals surface area (Å²) in [6.07, 6.45) is -0.0500. The van der Waals surface area contributed by atoms with Crippen molar-refractivity contribution in [2.75, 3.05) is 33.2 Å². The molecule has 0 bridgehead atoms. The molecule has 0 atom stereocenters. The SMILES string of the molecule is CCN(CC(F)F)C(C)C.CN1CC(Oc2cncs2)C1. The topological polar surface area (TPSA) is 28.6 Å². The first kappa shape index (κ1) is 18.3. The Bertz CT molecular complexity index is 370. The van der Waals surface area contributed by atoms with Gasteiger partial charge in [0.15, 0.2) is 5.06 Å². The monoisotopic (exact) mass is 321 g/mol. The minimum atomic E-state index is -2.21. The Labute approximate surface area is 129 Å². The Hall–Kier alpha value is -0.790. The quantitative estimate of drug-likeness (QED) is 0.805. The van der Waals surface area contributed by atoms with Crippen molar-refractivity contribution in [2.24, 2.45) is 0 Å². The van der Waals surface area contributed by atoms with Crippen LogP contribution in [0.15, 0.2) is 11.7 Å². The zero-order valence-electron chi connectivity index (χ0n) is 13.1. The summed E-state index contributed by atoms with van der Waals surface area (Å²) < 4.78 is 29.2. The van der Waals surface area contributed by atoms with Crippen molar-refractivity contribution in [1.29, 1.82) is 0 Å². The Balaban J connectivity index is 0.000000212. The number of rotatable bonds is 6. The van der Waals surface area contributed by atoms with Gasteiger partial charge >= 0.3 is 0 Å². The van der Waals surface area contributed by atoms with Gasteiger partial charge in [-0.15, -0.1) is 0 Å². The Morgan fingerprint density at radius 2 is 2.14 bits per heavy atom. The van der Waals surface area contributed by atoms with Gasteiger partial charge in [-0.1, -0.05) is 18.3 Å². The molecule has 122 valence electrons. The van der Waals surface area contributed by atoms with Crippen LogP contribution in [0, 0.1) is 0 Å². The summed E-state index contributed by atoms with van der Waals surface area (Å²) >= 11 is 1.55. The van der Waals surface area contributed by atoms with Gasteiger partial charge in [0.1, 0.15) is 6.10 Å². The second kappa shape index (κ2) is 9.27. The van der Waals surface area contributed by atoms with Crippen LogP contribution in [-0.2, 0) is 0 Å². The summed E-state index contributed by atoms with van der Waals surface area (Å²) in [5.74, 6) is 0. The van der Waals surface area contributed by atoms with Crippen LogP contribution in [0.3, 0.4) is 0 Å². The van der Waals surface area contributed by atoms with Crippen molar-refractivity contribution in [1.82, 2.24) is 14.8 Å². The molecule has 21 heavy (non-hydrogen) atoms. The van der Waals surface area contributed by atoms with Gasteiger partial charge in [-0.05, 0) is 27.4 Å². The molecule has 2 heterocycles. The summed E-state index contributed by atoms with van der Waals surface area (Å²) in [6, 6.07) is 0.221. The normalized spacial score (nSPS) is 16.0. The molecule has 0 amide bonds. The molecule has 1 fully saturated rings. The third-order valence-corrected chi connectivity index (χ3v) is 3.89. The number of hydrogen-bond donors (Lipinski definition) is 0. The fourth-order valence-corrected chi connectivity index (χ4v) is 2.56. The Morgan fingerprint density at radius 3 is 2.48 bits per heavy atom. The molecule has 0 radical (unpaired) electrons. The number of alkyl halides is 2. The molecule has 2 rings (SSSR count). The van der Waals surface area contributed by atoms with Gasteiger partial charge in [-0.25, -0.2) is 13.8 Å². The number of likely N-dealkylation sites (tertiary alicyclic amines) is 1. The number of hydrogen-bond acceptors (Lipinski definition) is 5. The zero-order chi connectivity index (χ0) is 15.8. The number of halogens is 2. The highest BCUT2D eigenvalue weighted by Gasteiger charge is 2.24. The molecule has 1 aliphatic heterocycles. The van der Waals surface area contributed by atoms with Crippen molar-refractivity contribution in [3.05, 3.63) is 11.7 Å². The Kier molecular flexibility index (Phi) is 8.06. The first-order valence-corrected chi connectivity index (χ1v) is 8.06. The standard InChI is InChI=1S/C7H15F2N.C7H10N2OS/c1-4-10(6(2)3)5-7(8)9;1-9-3-6(4-9)10-7-2-8-5-11-7/h6-7H,4-5H2,1-3H3;2,5-6H,3-4H2,1H3. The smallest absolute Gasteiger partial charge is 0.251 e. The number of thiazole rings is 1. The van der Waals surface area contributed by atoms with Gasteiger partial charge in [0.25, 0.3) is 6.43 Å². The molecule has 1 saturated heterocycles. The number of nitrogens with zero attached hydrogens (tertiary/aromatic N) is 3. The van der Waals surface area contributed by atoms with Gasteiger partial charge in [-0.3, -0.25) is 9.80 Å². The maximum atomic E-state index is 11.8. The van der Waals surface area contributed by atoms with Crippen molar-refractivity contribution in [2.45, 2.75) is 39.3 Å². The van der Waals surface area contributed by atoms with E-state index in [1.54, 1.807) is 27.9 Å². The van der Waals surface area contributed by atoms with Crippen LogP contribution >= 0.6 is 11.3 Å². The van der Waals surface area contributed by atoms with Gasteiger partial charge in [0, 0.05) is 19.1 Å². The van der Waals surface area contributed by atoms with E-state index in [4.69, 9.17) is 4.74 Å². The second-order valence-electron chi connectivity index (χ2n) is 5.35. The van der Waals surface area contributed by atoms with Crippen molar-refractivity contribution < 1.29 is 13.5 Å². The number of likely N-dealkylation sites (N-methyl/N-ethyl adjacent to an activating group) is 1. The van der Waals surface area contributed by atoms with Crippen LogP contribution in [0.4, 0.5) is 8.78 Å². The molecule has 0 aliphatic carbocycles. The van der Waals surface area contributed by atoms with Crippen molar-refractivity contribution >= 4 is 11.3 Å². The van der Waals surface area contributed by atoms with Crippen LogP contribution in [0.1, 0.15) is 20.8 Å². The van der Waals surface area contributed by atoms with Gasteiger partial charge in [-0.2, -0.15) is 0 Å². The average molecular weight is 321 g/mol. The minimum absolute atomic E-state index is 0.103. The fraction of sp³-hybridized carbons (Fsp3) is 0.786. The average Bonchev–Trinajstić information content (AvgIpc) is 2.87. The van der Waals surface area contributed by atoms with E-state index in [0.29, 0.717) is 12.6 Å². The summed E-state index contributed by atoms with van der Waals surface area (Å²) in [6.45, 7) is 8.41. The summed E-state index contributed by atoms with van der Waals surface area (Å²) in [5.41, 5.74) is 1.79. The molecule has 7 heteroatoms. The van der Waals surface area contributed by atoms with Crippen LogP contribution in [0.2, 0.25) is 0 Å². The van der Waals surface area contributed by atoms with Crippen LogP contribution < -0.4 is 4.74 Å². The van der Waals surface area contributed by atoms with E-state index in [1.807, 2.05) is 20.8 Å². The molecular formula is C14H25F2N3OS. The predicted octanol–water partition coefficient (Wildman–Crippen LogP) is 2.82. The van der Waals surface area contributed by atoms with Gasteiger partial charge in [0.2, 0.25) is 0 Å². The highest BCUT2D eigenvalue weighted by Crippen LogP contribution is 2.20. The van der Waals surface area contributed by atoms with E-state index in [1.165, 1.54) is 0 Å². The van der Waals surface area contributed by atoms with E-state index in [9.17, 15) is 8.78 Å². The van der Waals surface area contributed by atoms with Crippen molar-refractivity contribution in [3.8, 4) is 5.06 Å². The summed E-state index contributed by atoms with van der Waals surface area (Å²) in [5, 5.41) is 0.933. The maximum Gasteiger partial charge on any atom is 0.251 e. The first-order valence-electron chi connectivity index (χ1n) is 7.18. The third-order valence-electron chi connectivity index (χ3n) is 3.23. The summed E-state index contributed by atoms with van der Waals surface area (Å²) in [4.78, 5) is 7.90. The molecule has 0 aromatic carbocycles. The lowest BCUT2D eigenvalue weighted by Gasteiger charge is -2.35. The molecule has 0 N–H and O–H groups in total. The van der Waals surface area contributed by atoms with Gasteiger partial charge in [0.05, 0.1) is 18.3 Å². The highest BCUT2D eigenvalue weighted by atomic mass is 32.1. The lowest BCUT2D eigenvalue weighted by molar-refractivity contribution is 0.0414. The van der Waals surface area contributed by atoms with Crippen LogP contribution in [-0.4, -0.2) is 66.6 Å². The number of ether oxygens (including phenoxy) is 1. The lowest BCUT2D eigenvalue weighted by atomic mass is 10.2. The maximum absolute atomic E-state index is 11.8. The van der Waals surface area contributed by atoms with E-state index in [2.05, 4.69) is 16.9 Å². The Morgan fingerprint density at radius 1 is 1.48 bits per heavy atom. The molecule has 0 saturated carbocycles. The van der Waals surface area contributed by atoms with Crippen molar-refractivity contribution in [3.63, 3.8) is 0 Å². The van der Waals surface area contributed by atoms with E-state index >= 15 is 0 Å². The minimum Gasteiger partial charge on any atom is -0.477 e. The van der Waals surface area contributed by atoms with Gasteiger partial charge < -0.3 is 4.74 Å². The molecule has 4 nitrogen and oxygen atoms in total. The lowest BCUT2D eigenvalue weighted by Crippen LogP contribution is -2.51. The molecule has 0 unspecified atom stereocenters. The predicted molar refractivity (Wildman–Crippen MR) is 82.4 cm³/mol. The highest BCUT2D eigenvalue weighted by molar-refractivity contribution is 7.11.